The van der Waals surface area contributed by atoms with E-state index >= 15 is 0 Å². The molecule has 22 heavy (non-hydrogen) atoms. The molecule has 1 aromatic rings. The summed E-state index contributed by atoms with van der Waals surface area (Å²) in [5.74, 6) is 0. The number of ether oxygens (including phenoxy) is 1. The first kappa shape index (κ1) is 17.2. The van der Waals surface area contributed by atoms with Gasteiger partial charge in [0.2, 0.25) is 0 Å². The summed E-state index contributed by atoms with van der Waals surface area (Å²) >= 11 is 1.65. The van der Waals surface area contributed by atoms with Crippen LogP contribution in [0.3, 0.4) is 0 Å². The molecule has 1 aliphatic heterocycles. The standard InChI is InChI=1S/C15H26N4O2S/c1-4-13-8-16-14(22-13)9-18-15(20)17-7-11(2)19-5-6-21-10-12(19)3/h8,11-12H,4-7,9-10H2,1-3H3,(H2,17,18,20)/t11-,12-/m1/s1. The number of amides is 2. The number of morpholine rings is 1. The van der Waals surface area contributed by atoms with Gasteiger partial charge in [0, 0.05) is 36.2 Å². The van der Waals surface area contributed by atoms with E-state index < -0.39 is 0 Å². The second kappa shape index (κ2) is 8.45. The third-order valence-corrected chi connectivity index (χ3v) is 5.03. The van der Waals surface area contributed by atoms with Crippen LogP contribution in [-0.4, -0.2) is 54.3 Å². The lowest BCUT2D eigenvalue weighted by Crippen LogP contribution is -2.52. The van der Waals surface area contributed by atoms with Crippen LogP contribution in [0.1, 0.15) is 30.7 Å². The van der Waals surface area contributed by atoms with Gasteiger partial charge in [-0.2, -0.15) is 0 Å². The molecule has 0 aliphatic carbocycles. The van der Waals surface area contributed by atoms with Crippen molar-refractivity contribution >= 4 is 17.4 Å². The minimum Gasteiger partial charge on any atom is -0.379 e. The SMILES string of the molecule is CCc1cnc(CNC(=O)NC[C@@H](C)N2CCOC[C@H]2C)s1. The molecular formula is C15H26N4O2S. The van der Waals surface area contributed by atoms with Gasteiger partial charge in [0.15, 0.2) is 0 Å². The smallest absolute Gasteiger partial charge is 0.315 e. The van der Waals surface area contributed by atoms with Crippen molar-refractivity contribution in [2.45, 2.75) is 45.8 Å². The molecule has 0 aromatic carbocycles. The molecule has 2 rings (SSSR count). The molecule has 1 aliphatic rings. The fourth-order valence-corrected chi connectivity index (χ4v) is 3.37. The van der Waals surface area contributed by atoms with Gasteiger partial charge in [-0.25, -0.2) is 9.78 Å². The molecule has 2 N–H and O–H groups in total. The minimum absolute atomic E-state index is 0.138. The lowest BCUT2D eigenvalue weighted by atomic mass is 10.2. The summed E-state index contributed by atoms with van der Waals surface area (Å²) in [6, 6.07) is 0.564. The molecular weight excluding hydrogens is 300 g/mol. The first-order valence-corrected chi connectivity index (χ1v) is 8.70. The van der Waals surface area contributed by atoms with Crippen molar-refractivity contribution in [1.82, 2.24) is 20.5 Å². The molecule has 2 atom stereocenters. The molecule has 6 nitrogen and oxygen atoms in total. The quantitative estimate of drug-likeness (QED) is 0.833. The first-order valence-electron chi connectivity index (χ1n) is 7.89. The Bertz CT molecular complexity index is 480. The molecule has 0 radical (unpaired) electrons. The fraction of sp³-hybridized carbons (Fsp3) is 0.733. The van der Waals surface area contributed by atoms with Crippen molar-refractivity contribution in [3.8, 4) is 0 Å². The van der Waals surface area contributed by atoms with Crippen molar-refractivity contribution in [3.63, 3.8) is 0 Å². The van der Waals surface area contributed by atoms with E-state index in [9.17, 15) is 4.79 Å². The highest BCUT2D eigenvalue weighted by atomic mass is 32.1. The Balaban J connectivity index is 1.68. The predicted octanol–water partition coefficient (Wildman–Crippen LogP) is 1.61. The zero-order chi connectivity index (χ0) is 15.9. The Morgan fingerprint density at radius 1 is 1.59 bits per heavy atom. The van der Waals surface area contributed by atoms with Crippen molar-refractivity contribution in [1.29, 1.82) is 0 Å². The maximum Gasteiger partial charge on any atom is 0.315 e. The number of urea groups is 1. The van der Waals surface area contributed by atoms with Crippen molar-refractivity contribution < 1.29 is 9.53 Å². The fourth-order valence-electron chi connectivity index (χ4n) is 2.56. The summed E-state index contributed by atoms with van der Waals surface area (Å²) in [5.41, 5.74) is 0. The molecule has 7 heteroatoms. The number of aryl methyl sites for hydroxylation is 1. The Kier molecular flexibility index (Phi) is 6.60. The molecule has 124 valence electrons. The van der Waals surface area contributed by atoms with E-state index in [-0.39, 0.29) is 6.03 Å². The minimum atomic E-state index is -0.138. The molecule has 1 fully saturated rings. The van der Waals surface area contributed by atoms with Crippen LogP contribution in [0.15, 0.2) is 6.20 Å². The number of thiazole rings is 1. The second-order valence-corrected chi connectivity index (χ2v) is 6.85. The van der Waals surface area contributed by atoms with E-state index in [4.69, 9.17) is 4.74 Å². The van der Waals surface area contributed by atoms with E-state index in [0.29, 0.717) is 25.2 Å². The van der Waals surface area contributed by atoms with E-state index in [1.54, 1.807) is 11.3 Å². The van der Waals surface area contributed by atoms with Crippen LogP contribution >= 0.6 is 11.3 Å². The van der Waals surface area contributed by atoms with Gasteiger partial charge in [0.25, 0.3) is 0 Å². The monoisotopic (exact) mass is 326 g/mol. The lowest BCUT2D eigenvalue weighted by molar-refractivity contribution is -0.0176. The summed E-state index contributed by atoms with van der Waals surface area (Å²) in [5, 5.41) is 6.74. The molecule has 2 amide bonds. The van der Waals surface area contributed by atoms with Crippen molar-refractivity contribution in [2.24, 2.45) is 0 Å². The van der Waals surface area contributed by atoms with Crippen LogP contribution in [0.4, 0.5) is 4.79 Å². The zero-order valence-electron chi connectivity index (χ0n) is 13.6. The maximum atomic E-state index is 11.9. The highest BCUT2D eigenvalue weighted by Gasteiger charge is 2.23. The van der Waals surface area contributed by atoms with Gasteiger partial charge in [-0.3, -0.25) is 4.90 Å². The first-order chi connectivity index (χ1) is 10.6. The summed E-state index contributed by atoms with van der Waals surface area (Å²) in [4.78, 5) is 19.8. The van der Waals surface area contributed by atoms with Gasteiger partial charge >= 0.3 is 6.03 Å². The lowest BCUT2D eigenvalue weighted by Gasteiger charge is -2.37. The van der Waals surface area contributed by atoms with Crippen LogP contribution in [0.2, 0.25) is 0 Å². The van der Waals surface area contributed by atoms with E-state index in [0.717, 1.165) is 31.2 Å². The second-order valence-electron chi connectivity index (χ2n) is 5.65. The third-order valence-electron chi connectivity index (χ3n) is 3.89. The van der Waals surface area contributed by atoms with Crippen molar-refractivity contribution in [2.75, 3.05) is 26.3 Å². The number of carbonyl (C=O) groups is 1. The number of carbonyl (C=O) groups excluding carboxylic acids is 1. The molecule has 1 aromatic heterocycles. The summed E-state index contributed by atoms with van der Waals surface area (Å²) in [7, 11) is 0. The van der Waals surface area contributed by atoms with Crippen LogP contribution in [-0.2, 0) is 17.7 Å². The van der Waals surface area contributed by atoms with Gasteiger partial charge in [0.1, 0.15) is 5.01 Å². The molecule has 0 bridgehead atoms. The largest absolute Gasteiger partial charge is 0.379 e. The number of hydrogen-bond acceptors (Lipinski definition) is 5. The molecule has 2 heterocycles. The topological polar surface area (TPSA) is 66.5 Å². The zero-order valence-corrected chi connectivity index (χ0v) is 14.4. The van der Waals surface area contributed by atoms with Crippen LogP contribution in [0.25, 0.3) is 0 Å². The summed E-state index contributed by atoms with van der Waals surface area (Å²) in [6.07, 6.45) is 2.86. The number of nitrogens with zero attached hydrogens (tertiary/aromatic N) is 2. The Labute approximate surface area is 136 Å². The summed E-state index contributed by atoms with van der Waals surface area (Å²) < 4.78 is 5.44. The number of aromatic nitrogens is 1. The predicted molar refractivity (Wildman–Crippen MR) is 88.2 cm³/mol. The van der Waals surface area contributed by atoms with Crippen molar-refractivity contribution in [3.05, 3.63) is 16.1 Å². The highest BCUT2D eigenvalue weighted by Crippen LogP contribution is 2.13. The van der Waals surface area contributed by atoms with Crippen LogP contribution in [0, 0.1) is 0 Å². The van der Waals surface area contributed by atoms with Gasteiger partial charge in [-0.05, 0) is 20.3 Å². The Morgan fingerprint density at radius 2 is 2.41 bits per heavy atom. The van der Waals surface area contributed by atoms with Gasteiger partial charge in [-0.1, -0.05) is 6.92 Å². The Morgan fingerprint density at radius 3 is 3.09 bits per heavy atom. The summed E-state index contributed by atoms with van der Waals surface area (Å²) in [6.45, 7) is 9.97. The molecule has 0 saturated carbocycles. The van der Waals surface area contributed by atoms with Crippen LogP contribution < -0.4 is 10.6 Å². The number of rotatable bonds is 6. The maximum absolute atomic E-state index is 11.9. The molecule has 1 saturated heterocycles. The third kappa shape index (κ3) is 4.93. The van der Waals surface area contributed by atoms with E-state index in [2.05, 4.69) is 41.3 Å². The highest BCUT2D eigenvalue weighted by molar-refractivity contribution is 7.11. The van der Waals surface area contributed by atoms with E-state index in [1.165, 1.54) is 4.88 Å². The van der Waals surface area contributed by atoms with Gasteiger partial charge in [0.05, 0.1) is 19.8 Å². The van der Waals surface area contributed by atoms with Gasteiger partial charge < -0.3 is 15.4 Å². The number of hydrogen-bond donors (Lipinski definition) is 2. The van der Waals surface area contributed by atoms with Gasteiger partial charge in [-0.15, -0.1) is 11.3 Å². The molecule has 0 spiro atoms. The normalized spacial score (nSPS) is 20.6. The average Bonchev–Trinajstić information content (AvgIpc) is 2.99. The Hall–Kier alpha value is -1.18. The number of nitrogens with one attached hydrogen (secondary N) is 2. The van der Waals surface area contributed by atoms with Crippen LogP contribution in [0.5, 0.6) is 0 Å². The van der Waals surface area contributed by atoms with E-state index in [1.807, 2.05) is 6.20 Å². The molecule has 0 unspecified atom stereocenters. The average molecular weight is 326 g/mol.